The average molecular weight is 620 g/mol. The molecule has 0 aliphatic carbocycles. The molecular weight excluding hydrogens is 590 g/mol. The van der Waals surface area contributed by atoms with Gasteiger partial charge in [0.05, 0.1) is 27.5 Å². The molecule has 7 rings (SSSR count). The summed E-state index contributed by atoms with van der Waals surface area (Å²) >= 11 is 0. The Balaban J connectivity index is 1.28. The lowest BCUT2D eigenvalue weighted by molar-refractivity contribution is 0.586. The third-order valence-corrected chi connectivity index (χ3v) is 9.51. The summed E-state index contributed by atoms with van der Waals surface area (Å²) in [5.41, 5.74) is 3.18. The van der Waals surface area contributed by atoms with Crippen molar-refractivity contribution in [2.75, 3.05) is 23.7 Å². The number of nitrogens with one attached hydrogen (secondary N) is 3. The van der Waals surface area contributed by atoms with Gasteiger partial charge in [-0.2, -0.15) is 4.98 Å². The molecule has 0 spiro atoms. The number of pyridine rings is 2. The maximum atomic E-state index is 14.2. The van der Waals surface area contributed by atoms with Gasteiger partial charge in [0.2, 0.25) is 5.95 Å². The van der Waals surface area contributed by atoms with Gasteiger partial charge in [-0.05, 0) is 74.5 Å². The molecule has 45 heavy (non-hydrogen) atoms. The fourth-order valence-corrected chi connectivity index (χ4v) is 6.77. The number of para-hydroxylation sites is 1. The van der Waals surface area contributed by atoms with Gasteiger partial charge in [0.15, 0.2) is 5.65 Å². The zero-order chi connectivity index (χ0) is 31.0. The number of anilines is 3. The van der Waals surface area contributed by atoms with Crippen molar-refractivity contribution in [2.24, 2.45) is 0 Å². The minimum atomic E-state index is -3.95. The van der Waals surface area contributed by atoms with Gasteiger partial charge in [-0.3, -0.25) is 14.3 Å². The second-order valence-electron chi connectivity index (χ2n) is 10.7. The number of hydrogen-bond acceptors (Lipinski definition) is 10. The largest absolute Gasteiger partial charge is 0.381 e. The predicted molar refractivity (Wildman–Crippen MR) is 173 cm³/mol. The van der Waals surface area contributed by atoms with E-state index in [-0.39, 0.29) is 16.2 Å². The monoisotopic (exact) mass is 619 g/mol. The summed E-state index contributed by atoms with van der Waals surface area (Å²) in [6.45, 7) is 3.58. The Labute approximate surface area is 258 Å². The minimum absolute atomic E-state index is 0.0650. The standard InChI is InChI=1S/C32H29N9O3S/c1-21-29(36-20-40(21)45(43,44)27-12-15-33-16-13-27)28-17-22-18-35-32(39-30(22)41(31(28)42)26-5-3-2-4-6-26)38-24-9-7-23(8-10-24)37-25-11-14-34-19-25/h2-10,12-13,15-18,20,25,34,37H,11,14,19H2,1H3,(H,35,38,39). The van der Waals surface area contributed by atoms with E-state index in [2.05, 4.69) is 30.9 Å². The van der Waals surface area contributed by atoms with E-state index in [4.69, 9.17) is 4.98 Å². The van der Waals surface area contributed by atoms with Crippen molar-refractivity contribution in [3.63, 3.8) is 0 Å². The van der Waals surface area contributed by atoms with Crippen LogP contribution >= 0.6 is 0 Å². The summed E-state index contributed by atoms with van der Waals surface area (Å²) in [4.78, 5) is 31.8. The Hall–Kier alpha value is -5.40. The molecule has 1 atom stereocenters. The van der Waals surface area contributed by atoms with Gasteiger partial charge in [0.25, 0.3) is 15.6 Å². The molecule has 0 saturated carbocycles. The van der Waals surface area contributed by atoms with E-state index in [0.717, 1.165) is 34.9 Å². The molecule has 4 aromatic heterocycles. The molecular formula is C32H29N9O3S. The van der Waals surface area contributed by atoms with Crippen molar-refractivity contribution in [3.8, 4) is 16.9 Å². The third-order valence-electron chi connectivity index (χ3n) is 7.75. The van der Waals surface area contributed by atoms with Crippen LogP contribution in [0.2, 0.25) is 0 Å². The fraction of sp³-hybridized carbons (Fsp3) is 0.156. The van der Waals surface area contributed by atoms with E-state index < -0.39 is 15.6 Å². The normalized spacial score (nSPS) is 14.9. The molecule has 2 aromatic carbocycles. The first-order chi connectivity index (χ1) is 21.9. The minimum Gasteiger partial charge on any atom is -0.381 e. The van der Waals surface area contributed by atoms with Gasteiger partial charge >= 0.3 is 0 Å². The maximum absolute atomic E-state index is 14.2. The maximum Gasteiger partial charge on any atom is 0.269 e. The quantitative estimate of drug-likeness (QED) is 0.227. The topological polar surface area (TPSA) is 149 Å². The average Bonchev–Trinajstić information content (AvgIpc) is 3.72. The van der Waals surface area contributed by atoms with E-state index >= 15 is 0 Å². The fourth-order valence-electron chi connectivity index (χ4n) is 5.46. The van der Waals surface area contributed by atoms with Crippen molar-refractivity contribution in [3.05, 3.63) is 114 Å². The number of hydrogen-bond donors (Lipinski definition) is 3. The molecule has 5 heterocycles. The number of benzene rings is 2. The highest BCUT2D eigenvalue weighted by Crippen LogP contribution is 2.27. The molecule has 0 radical (unpaired) electrons. The highest BCUT2D eigenvalue weighted by atomic mass is 32.2. The van der Waals surface area contributed by atoms with Gasteiger partial charge in [-0.25, -0.2) is 22.4 Å². The summed E-state index contributed by atoms with van der Waals surface area (Å²) in [7, 11) is -3.95. The Morgan fingerprint density at radius 3 is 2.44 bits per heavy atom. The first-order valence-corrected chi connectivity index (χ1v) is 15.8. The molecule has 0 bridgehead atoms. The molecule has 1 saturated heterocycles. The van der Waals surface area contributed by atoms with Crippen LogP contribution in [0.3, 0.4) is 0 Å². The Morgan fingerprint density at radius 1 is 0.956 bits per heavy atom. The van der Waals surface area contributed by atoms with Gasteiger partial charge in [0.1, 0.15) is 6.33 Å². The molecule has 3 N–H and O–H groups in total. The lowest BCUT2D eigenvalue weighted by atomic mass is 10.1. The third kappa shape index (κ3) is 5.43. The van der Waals surface area contributed by atoms with Crippen LogP contribution in [-0.2, 0) is 10.0 Å². The van der Waals surface area contributed by atoms with Gasteiger partial charge < -0.3 is 16.0 Å². The van der Waals surface area contributed by atoms with Gasteiger partial charge in [-0.15, -0.1) is 0 Å². The molecule has 6 aromatic rings. The molecule has 12 nitrogen and oxygen atoms in total. The molecule has 0 amide bonds. The lowest BCUT2D eigenvalue weighted by Crippen LogP contribution is -2.22. The van der Waals surface area contributed by atoms with Crippen LogP contribution in [0.25, 0.3) is 28.0 Å². The number of nitrogens with zero attached hydrogens (tertiary/aromatic N) is 6. The molecule has 226 valence electrons. The number of rotatable bonds is 8. The zero-order valence-corrected chi connectivity index (χ0v) is 25.1. The summed E-state index contributed by atoms with van der Waals surface area (Å²) in [5, 5.41) is 10.7. The van der Waals surface area contributed by atoms with Crippen LogP contribution in [0.4, 0.5) is 17.3 Å². The van der Waals surface area contributed by atoms with Crippen LogP contribution in [0.1, 0.15) is 12.1 Å². The van der Waals surface area contributed by atoms with Crippen LogP contribution in [0.5, 0.6) is 0 Å². The van der Waals surface area contributed by atoms with Crippen molar-refractivity contribution >= 4 is 38.4 Å². The molecule has 13 heteroatoms. The molecule has 1 fully saturated rings. The van der Waals surface area contributed by atoms with Crippen LogP contribution in [-0.4, -0.2) is 56.0 Å². The number of imidazole rings is 1. The van der Waals surface area contributed by atoms with Crippen molar-refractivity contribution in [1.29, 1.82) is 0 Å². The van der Waals surface area contributed by atoms with Crippen LogP contribution in [0, 0.1) is 6.92 Å². The van der Waals surface area contributed by atoms with Crippen molar-refractivity contribution in [2.45, 2.75) is 24.3 Å². The van der Waals surface area contributed by atoms with E-state index in [1.807, 2.05) is 54.6 Å². The SMILES string of the molecule is Cc1c(-c2cc3cnc(Nc4ccc(NC5CCNC5)cc4)nc3n(-c3ccccc3)c2=O)ncn1S(=O)(=O)c1ccncc1. The van der Waals surface area contributed by atoms with Crippen LogP contribution < -0.4 is 21.5 Å². The Morgan fingerprint density at radius 2 is 1.71 bits per heavy atom. The van der Waals surface area contributed by atoms with E-state index in [1.54, 1.807) is 19.2 Å². The van der Waals surface area contributed by atoms with E-state index in [0.29, 0.717) is 34.4 Å². The summed E-state index contributed by atoms with van der Waals surface area (Å²) in [5.74, 6) is 0.323. The summed E-state index contributed by atoms with van der Waals surface area (Å²) in [6, 6.07) is 21.9. The first kappa shape index (κ1) is 28.4. The predicted octanol–water partition coefficient (Wildman–Crippen LogP) is 4.10. The molecule has 1 aliphatic heterocycles. The van der Waals surface area contributed by atoms with Crippen molar-refractivity contribution in [1.82, 2.24) is 33.8 Å². The first-order valence-electron chi connectivity index (χ1n) is 14.4. The Kier molecular flexibility index (Phi) is 7.31. The smallest absolute Gasteiger partial charge is 0.269 e. The highest BCUT2D eigenvalue weighted by Gasteiger charge is 2.24. The highest BCUT2D eigenvalue weighted by molar-refractivity contribution is 7.90. The second kappa shape index (κ2) is 11.6. The van der Waals surface area contributed by atoms with Crippen molar-refractivity contribution < 1.29 is 8.42 Å². The number of fused-ring (bicyclic) bond motifs is 1. The molecule has 1 aliphatic rings. The van der Waals surface area contributed by atoms with E-state index in [1.165, 1.54) is 35.4 Å². The van der Waals surface area contributed by atoms with Gasteiger partial charge in [-0.1, -0.05) is 18.2 Å². The Bertz CT molecular complexity index is 2160. The molecule has 1 unspecified atom stereocenters. The number of aromatic nitrogens is 6. The zero-order valence-electron chi connectivity index (χ0n) is 24.3. The van der Waals surface area contributed by atoms with Crippen LogP contribution in [0.15, 0.2) is 107 Å². The second-order valence-corrected chi connectivity index (χ2v) is 12.5. The van der Waals surface area contributed by atoms with E-state index in [9.17, 15) is 13.2 Å². The summed E-state index contributed by atoms with van der Waals surface area (Å²) in [6.07, 6.45) is 6.75. The van der Waals surface area contributed by atoms with Gasteiger partial charge in [0, 0.05) is 47.9 Å². The summed E-state index contributed by atoms with van der Waals surface area (Å²) < 4.78 is 29.3. The lowest BCUT2D eigenvalue weighted by Gasteiger charge is -2.14.